The molecule has 1 nitrogen and oxygen atoms in total. The zero-order chi connectivity index (χ0) is 10.1. The van der Waals surface area contributed by atoms with Crippen molar-refractivity contribution in [3.05, 3.63) is 28.1 Å². The molecule has 1 heterocycles. The first-order valence-electron chi connectivity index (χ1n) is 4.11. The second-order valence-electron chi connectivity index (χ2n) is 2.91. The minimum Gasteiger partial charge on any atom is -0.392 e. The normalized spacial score (nSPS) is 11.1. The van der Waals surface area contributed by atoms with E-state index < -0.39 is 0 Å². The van der Waals surface area contributed by atoms with E-state index in [2.05, 4.69) is 6.07 Å². The van der Waals surface area contributed by atoms with Crippen molar-refractivity contribution in [3.63, 3.8) is 0 Å². The fourth-order valence-electron chi connectivity index (χ4n) is 1.40. The summed E-state index contributed by atoms with van der Waals surface area (Å²) in [4.78, 5) is 1.16. The molecular weight excluding hydrogens is 236 g/mol. The van der Waals surface area contributed by atoms with E-state index >= 15 is 0 Å². The number of thioether (sulfide) groups is 1. The molecule has 0 amide bonds. The topological polar surface area (TPSA) is 20.2 Å². The maximum Gasteiger partial charge on any atom is 0.0941 e. The summed E-state index contributed by atoms with van der Waals surface area (Å²) in [5.74, 6) is 0. The molecule has 14 heavy (non-hydrogen) atoms. The summed E-state index contributed by atoms with van der Waals surface area (Å²) >= 11 is 9.13. The standard InChI is InChI=1S/C10H9ClOS2/c1-13-8-2-6-4-9(11)14-10(6)7(3-8)5-12/h2-4,12H,5H2,1H3. The van der Waals surface area contributed by atoms with Crippen LogP contribution in [0.5, 0.6) is 0 Å². The number of thiophene rings is 1. The van der Waals surface area contributed by atoms with Crippen molar-refractivity contribution in [3.8, 4) is 0 Å². The van der Waals surface area contributed by atoms with Crippen LogP contribution in [0.15, 0.2) is 23.1 Å². The van der Waals surface area contributed by atoms with Crippen molar-refractivity contribution in [2.75, 3.05) is 6.26 Å². The predicted octanol–water partition coefficient (Wildman–Crippen LogP) is 3.77. The summed E-state index contributed by atoms with van der Waals surface area (Å²) < 4.78 is 1.86. The Morgan fingerprint density at radius 1 is 1.43 bits per heavy atom. The summed E-state index contributed by atoms with van der Waals surface area (Å²) in [7, 11) is 0. The van der Waals surface area contributed by atoms with Gasteiger partial charge in [-0.1, -0.05) is 11.6 Å². The molecule has 0 aliphatic heterocycles. The van der Waals surface area contributed by atoms with E-state index in [0.717, 1.165) is 24.9 Å². The van der Waals surface area contributed by atoms with Gasteiger partial charge < -0.3 is 5.11 Å². The molecule has 0 saturated carbocycles. The Labute approximate surface area is 95.7 Å². The second kappa shape index (κ2) is 4.11. The number of hydrogen-bond donors (Lipinski definition) is 1. The highest BCUT2D eigenvalue weighted by Crippen LogP contribution is 2.34. The van der Waals surface area contributed by atoms with E-state index in [1.54, 1.807) is 11.8 Å². The summed E-state index contributed by atoms with van der Waals surface area (Å²) in [6.07, 6.45) is 2.02. The summed E-state index contributed by atoms with van der Waals surface area (Å²) in [5.41, 5.74) is 0.962. The van der Waals surface area contributed by atoms with Gasteiger partial charge in [0.25, 0.3) is 0 Å². The number of aliphatic hydroxyl groups is 1. The fraction of sp³-hybridized carbons (Fsp3) is 0.200. The zero-order valence-electron chi connectivity index (χ0n) is 7.58. The molecule has 0 radical (unpaired) electrons. The highest BCUT2D eigenvalue weighted by atomic mass is 35.5. The Morgan fingerprint density at radius 3 is 2.86 bits per heavy atom. The van der Waals surface area contributed by atoms with Crippen LogP contribution in [0, 0.1) is 0 Å². The van der Waals surface area contributed by atoms with E-state index in [0.29, 0.717) is 0 Å². The highest BCUT2D eigenvalue weighted by Gasteiger charge is 2.06. The van der Waals surface area contributed by atoms with Crippen LogP contribution in [-0.2, 0) is 6.61 Å². The van der Waals surface area contributed by atoms with Crippen LogP contribution >= 0.6 is 34.7 Å². The maximum atomic E-state index is 9.22. The minimum atomic E-state index is 0.0712. The van der Waals surface area contributed by atoms with Gasteiger partial charge in [-0.15, -0.1) is 23.1 Å². The lowest BCUT2D eigenvalue weighted by Gasteiger charge is -2.02. The third-order valence-corrected chi connectivity index (χ3v) is 4.11. The first-order chi connectivity index (χ1) is 6.74. The highest BCUT2D eigenvalue weighted by molar-refractivity contribution is 7.98. The van der Waals surface area contributed by atoms with Crippen molar-refractivity contribution < 1.29 is 5.11 Å². The minimum absolute atomic E-state index is 0.0712. The van der Waals surface area contributed by atoms with Gasteiger partial charge in [-0.3, -0.25) is 0 Å². The van der Waals surface area contributed by atoms with E-state index in [1.807, 2.05) is 18.4 Å². The lowest BCUT2D eigenvalue weighted by atomic mass is 10.2. The lowest BCUT2D eigenvalue weighted by Crippen LogP contribution is -1.83. The van der Waals surface area contributed by atoms with Gasteiger partial charge in [-0.2, -0.15) is 0 Å². The largest absolute Gasteiger partial charge is 0.392 e. The molecule has 2 rings (SSSR count). The van der Waals surface area contributed by atoms with Crippen LogP contribution in [0.25, 0.3) is 10.1 Å². The Balaban J connectivity index is 2.72. The van der Waals surface area contributed by atoms with Gasteiger partial charge >= 0.3 is 0 Å². The van der Waals surface area contributed by atoms with Gasteiger partial charge in [0, 0.05) is 9.60 Å². The third-order valence-electron chi connectivity index (χ3n) is 2.04. The number of benzene rings is 1. The Hall–Kier alpha value is -0.220. The van der Waals surface area contributed by atoms with E-state index in [4.69, 9.17) is 11.6 Å². The average Bonchev–Trinajstić information content (AvgIpc) is 2.56. The van der Waals surface area contributed by atoms with E-state index in [1.165, 1.54) is 11.3 Å². The van der Waals surface area contributed by atoms with Gasteiger partial charge in [0.2, 0.25) is 0 Å². The van der Waals surface area contributed by atoms with Crippen molar-refractivity contribution in [2.45, 2.75) is 11.5 Å². The van der Waals surface area contributed by atoms with Crippen LogP contribution in [0.4, 0.5) is 0 Å². The van der Waals surface area contributed by atoms with Gasteiger partial charge in [0.05, 0.1) is 10.9 Å². The molecule has 0 aliphatic carbocycles. The molecule has 1 aromatic carbocycles. The summed E-state index contributed by atoms with van der Waals surface area (Å²) in [5, 5.41) is 10.3. The van der Waals surface area contributed by atoms with Crippen LogP contribution in [0.2, 0.25) is 4.34 Å². The molecule has 74 valence electrons. The second-order valence-corrected chi connectivity index (χ2v) is 5.48. The van der Waals surface area contributed by atoms with Crippen LogP contribution in [-0.4, -0.2) is 11.4 Å². The molecular formula is C10H9ClOS2. The molecule has 1 N–H and O–H groups in total. The average molecular weight is 245 g/mol. The monoisotopic (exact) mass is 244 g/mol. The lowest BCUT2D eigenvalue weighted by molar-refractivity contribution is 0.283. The molecule has 0 atom stereocenters. The maximum absolute atomic E-state index is 9.22. The SMILES string of the molecule is CSc1cc(CO)c2sc(Cl)cc2c1. The van der Waals surface area contributed by atoms with Gasteiger partial charge in [0.1, 0.15) is 0 Å². The third kappa shape index (κ3) is 1.77. The first-order valence-corrected chi connectivity index (χ1v) is 6.53. The molecule has 1 aromatic heterocycles. The summed E-state index contributed by atoms with van der Waals surface area (Å²) in [6.45, 7) is 0.0712. The molecule has 0 spiro atoms. The Bertz CT molecular complexity index is 464. The number of fused-ring (bicyclic) bond motifs is 1. The smallest absolute Gasteiger partial charge is 0.0941 e. The molecule has 2 aromatic rings. The fourth-order valence-corrected chi connectivity index (χ4v) is 3.12. The Kier molecular flexibility index (Phi) is 3.02. The number of hydrogen-bond acceptors (Lipinski definition) is 3. The molecule has 4 heteroatoms. The first kappa shape index (κ1) is 10.3. The van der Waals surface area contributed by atoms with Crippen molar-refractivity contribution in [1.82, 2.24) is 0 Å². The van der Waals surface area contributed by atoms with Crippen LogP contribution < -0.4 is 0 Å². The van der Waals surface area contributed by atoms with Gasteiger partial charge in [-0.25, -0.2) is 0 Å². The van der Waals surface area contributed by atoms with Gasteiger partial charge in [0.15, 0.2) is 0 Å². The molecule has 0 fully saturated rings. The van der Waals surface area contributed by atoms with E-state index in [-0.39, 0.29) is 6.61 Å². The molecule has 0 bridgehead atoms. The predicted molar refractivity (Wildman–Crippen MR) is 64.5 cm³/mol. The van der Waals surface area contributed by atoms with E-state index in [9.17, 15) is 5.11 Å². The molecule has 0 saturated heterocycles. The van der Waals surface area contributed by atoms with Crippen LogP contribution in [0.1, 0.15) is 5.56 Å². The number of halogens is 1. The van der Waals surface area contributed by atoms with Crippen molar-refractivity contribution in [1.29, 1.82) is 0 Å². The van der Waals surface area contributed by atoms with Crippen molar-refractivity contribution >= 4 is 44.8 Å². The number of aliphatic hydroxyl groups excluding tert-OH is 1. The Morgan fingerprint density at radius 2 is 2.21 bits per heavy atom. The molecule has 0 unspecified atom stereocenters. The zero-order valence-corrected chi connectivity index (χ0v) is 9.97. The quantitative estimate of drug-likeness (QED) is 0.812. The van der Waals surface area contributed by atoms with Crippen molar-refractivity contribution in [2.24, 2.45) is 0 Å². The summed E-state index contributed by atoms with van der Waals surface area (Å²) in [6, 6.07) is 6.06. The molecule has 0 aliphatic rings. The van der Waals surface area contributed by atoms with Gasteiger partial charge in [-0.05, 0) is 35.4 Å². The van der Waals surface area contributed by atoms with Crippen LogP contribution in [0.3, 0.4) is 0 Å². The number of rotatable bonds is 2.